The van der Waals surface area contributed by atoms with Gasteiger partial charge in [0.25, 0.3) is 5.91 Å². The Morgan fingerprint density at radius 1 is 1.40 bits per heavy atom. The summed E-state index contributed by atoms with van der Waals surface area (Å²) in [6.45, 7) is 0.585. The van der Waals surface area contributed by atoms with Gasteiger partial charge in [0.2, 0.25) is 0 Å². The SMILES string of the molecule is O=C(NCCOc1cccc(F)c1)c1ccncc1Br. The van der Waals surface area contributed by atoms with Crippen LogP contribution < -0.4 is 10.1 Å². The van der Waals surface area contributed by atoms with Gasteiger partial charge in [-0.25, -0.2) is 4.39 Å². The van der Waals surface area contributed by atoms with Gasteiger partial charge >= 0.3 is 0 Å². The molecule has 2 rings (SSSR count). The Morgan fingerprint density at radius 3 is 3.00 bits per heavy atom. The standard InChI is InChI=1S/C14H12BrFN2O2/c15-13-9-17-5-4-12(13)14(19)18-6-7-20-11-3-1-2-10(16)8-11/h1-5,8-9H,6-7H2,(H,18,19). The first-order valence-corrected chi connectivity index (χ1v) is 6.72. The van der Waals surface area contributed by atoms with E-state index in [0.717, 1.165) is 0 Å². The van der Waals surface area contributed by atoms with E-state index in [1.54, 1.807) is 30.6 Å². The van der Waals surface area contributed by atoms with Crippen molar-refractivity contribution in [1.29, 1.82) is 0 Å². The second-order valence-electron chi connectivity index (χ2n) is 3.92. The number of carbonyl (C=O) groups excluding carboxylic acids is 1. The topological polar surface area (TPSA) is 51.2 Å². The maximum atomic E-state index is 12.9. The summed E-state index contributed by atoms with van der Waals surface area (Å²) in [7, 11) is 0. The Hall–Kier alpha value is -1.95. The first kappa shape index (κ1) is 14.5. The minimum Gasteiger partial charge on any atom is -0.492 e. The molecule has 2 aromatic rings. The number of hydrogen-bond acceptors (Lipinski definition) is 3. The molecule has 0 aliphatic heterocycles. The van der Waals surface area contributed by atoms with Gasteiger partial charge in [-0.15, -0.1) is 0 Å². The fourth-order valence-corrected chi connectivity index (χ4v) is 1.98. The highest BCUT2D eigenvalue weighted by Crippen LogP contribution is 2.14. The van der Waals surface area contributed by atoms with Crippen molar-refractivity contribution >= 4 is 21.8 Å². The Balaban J connectivity index is 1.79. The van der Waals surface area contributed by atoms with Crippen LogP contribution in [0.3, 0.4) is 0 Å². The summed E-state index contributed by atoms with van der Waals surface area (Å²) < 4.78 is 18.9. The molecule has 1 aromatic heterocycles. The Bertz CT molecular complexity index is 607. The highest BCUT2D eigenvalue weighted by molar-refractivity contribution is 9.10. The van der Waals surface area contributed by atoms with Crippen LogP contribution in [0.5, 0.6) is 5.75 Å². The molecule has 0 atom stereocenters. The number of amides is 1. The lowest BCUT2D eigenvalue weighted by atomic mass is 10.2. The predicted molar refractivity (Wildman–Crippen MR) is 76.2 cm³/mol. The van der Waals surface area contributed by atoms with E-state index in [0.29, 0.717) is 22.3 Å². The summed E-state index contributed by atoms with van der Waals surface area (Å²) in [5, 5.41) is 2.71. The first-order chi connectivity index (χ1) is 9.66. The third-order valence-electron chi connectivity index (χ3n) is 2.47. The van der Waals surface area contributed by atoms with Gasteiger partial charge < -0.3 is 10.1 Å². The quantitative estimate of drug-likeness (QED) is 0.853. The summed E-state index contributed by atoms with van der Waals surface area (Å²) in [4.78, 5) is 15.7. The van der Waals surface area contributed by atoms with Crippen LogP contribution in [0.1, 0.15) is 10.4 Å². The van der Waals surface area contributed by atoms with Crippen molar-refractivity contribution in [2.24, 2.45) is 0 Å². The third kappa shape index (κ3) is 4.03. The van der Waals surface area contributed by atoms with Crippen molar-refractivity contribution in [3.8, 4) is 5.75 Å². The van der Waals surface area contributed by atoms with Crippen molar-refractivity contribution in [3.05, 3.63) is 58.6 Å². The monoisotopic (exact) mass is 338 g/mol. The van der Waals surface area contributed by atoms with Gasteiger partial charge in [-0.1, -0.05) is 6.07 Å². The van der Waals surface area contributed by atoms with Gasteiger partial charge in [0.1, 0.15) is 18.2 Å². The van der Waals surface area contributed by atoms with Gasteiger partial charge in [0.15, 0.2) is 0 Å². The minimum absolute atomic E-state index is 0.220. The number of nitrogens with one attached hydrogen (secondary N) is 1. The number of halogens is 2. The molecular weight excluding hydrogens is 327 g/mol. The molecule has 0 saturated heterocycles. The Kier molecular flexibility index (Phi) is 5.06. The van der Waals surface area contributed by atoms with Crippen LogP contribution in [0.25, 0.3) is 0 Å². The highest BCUT2D eigenvalue weighted by atomic mass is 79.9. The van der Waals surface area contributed by atoms with E-state index in [2.05, 4.69) is 26.2 Å². The zero-order valence-electron chi connectivity index (χ0n) is 10.5. The molecule has 0 radical (unpaired) electrons. The molecule has 1 heterocycles. The number of hydrogen-bond donors (Lipinski definition) is 1. The number of pyridine rings is 1. The van der Waals surface area contributed by atoms with E-state index in [1.165, 1.54) is 12.1 Å². The largest absolute Gasteiger partial charge is 0.492 e. The van der Waals surface area contributed by atoms with E-state index in [-0.39, 0.29) is 18.3 Å². The first-order valence-electron chi connectivity index (χ1n) is 5.93. The third-order valence-corrected chi connectivity index (χ3v) is 3.10. The molecule has 1 N–H and O–H groups in total. The number of carbonyl (C=O) groups is 1. The molecule has 20 heavy (non-hydrogen) atoms. The van der Waals surface area contributed by atoms with Gasteiger partial charge in [-0.3, -0.25) is 9.78 Å². The lowest BCUT2D eigenvalue weighted by molar-refractivity contribution is 0.0946. The van der Waals surface area contributed by atoms with Crippen LogP contribution in [-0.2, 0) is 0 Å². The molecular formula is C14H12BrFN2O2. The van der Waals surface area contributed by atoms with Gasteiger partial charge in [-0.2, -0.15) is 0 Å². The van der Waals surface area contributed by atoms with Crippen molar-refractivity contribution in [2.75, 3.05) is 13.2 Å². The molecule has 104 valence electrons. The molecule has 0 spiro atoms. The Labute approximate surface area is 124 Å². The number of ether oxygens (including phenoxy) is 1. The summed E-state index contributed by atoms with van der Waals surface area (Å²) in [6, 6.07) is 7.48. The van der Waals surface area contributed by atoms with Crippen LogP contribution in [-0.4, -0.2) is 24.0 Å². The van der Waals surface area contributed by atoms with E-state index in [4.69, 9.17) is 4.74 Å². The highest BCUT2D eigenvalue weighted by Gasteiger charge is 2.08. The zero-order chi connectivity index (χ0) is 14.4. The second kappa shape index (κ2) is 7.00. The Morgan fingerprint density at radius 2 is 2.25 bits per heavy atom. The predicted octanol–water partition coefficient (Wildman–Crippen LogP) is 2.79. The smallest absolute Gasteiger partial charge is 0.252 e. The molecule has 0 unspecified atom stereocenters. The fourth-order valence-electron chi connectivity index (χ4n) is 1.54. The lowest BCUT2D eigenvalue weighted by Gasteiger charge is -2.08. The van der Waals surface area contributed by atoms with E-state index < -0.39 is 0 Å². The van der Waals surface area contributed by atoms with E-state index in [9.17, 15) is 9.18 Å². The molecule has 0 aliphatic carbocycles. The second-order valence-corrected chi connectivity index (χ2v) is 4.77. The number of rotatable bonds is 5. The molecule has 0 fully saturated rings. The average Bonchev–Trinajstić information content (AvgIpc) is 2.44. The van der Waals surface area contributed by atoms with Gasteiger partial charge in [0.05, 0.1) is 12.1 Å². The van der Waals surface area contributed by atoms with Crippen LogP contribution in [0.15, 0.2) is 47.2 Å². The molecule has 0 bridgehead atoms. The molecule has 0 aliphatic rings. The summed E-state index contributed by atoms with van der Waals surface area (Å²) in [5.41, 5.74) is 0.505. The average molecular weight is 339 g/mol. The van der Waals surface area contributed by atoms with E-state index in [1.807, 2.05) is 0 Å². The summed E-state index contributed by atoms with van der Waals surface area (Å²) in [5.74, 6) is -0.140. The summed E-state index contributed by atoms with van der Waals surface area (Å²) in [6.07, 6.45) is 3.10. The minimum atomic E-state index is -0.354. The molecule has 0 saturated carbocycles. The molecule has 1 aromatic carbocycles. The fraction of sp³-hybridized carbons (Fsp3) is 0.143. The maximum Gasteiger partial charge on any atom is 0.252 e. The number of nitrogens with zero attached hydrogens (tertiary/aromatic N) is 1. The lowest BCUT2D eigenvalue weighted by Crippen LogP contribution is -2.28. The number of aromatic nitrogens is 1. The van der Waals surface area contributed by atoms with Crippen LogP contribution in [0.4, 0.5) is 4.39 Å². The van der Waals surface area contributed by atoms with Crippen LogP contribution in [0, 0.1) is 5.82 Å². The molecule has 1 amide bonds. The van der Waals surface area contributed by atoms with Crippen molar-refractivity contribution in [3.63, 3.8) is 0 Å². The van der Waals surface area contributed by atoms with Crippen molar-refractivity contribution < 1.29 is 13.9 Å². The van der Waals surface area contributed by atoms with Crippen LogP contribution >= 0.6 is 15.9 Å². The van der Waals surface area contributed by atoms with Crippen molar-refractivity contribution in [1.82, 2.24) is 10.3 Å². The summed E-state index contributed by atoms with van der Waals surface area (Å²) >= 11 is 3.25. The molecule has 6 heteroatoms. The molecule has 4 nitrogen and oxygen atoms in total. The normalized spacial score (nSPS) is 10.1. The van der Waals surface area contributed by atoms with E-state index >= 15 is 0 Å². The number of benzene rings is 1. The van der Waals surface area contributed by atoms with Crippen LogP contribution in [0.2, 0.25) is 0 Å². The van der Waals surface area contributed by atoms with Gasteiger partial charge in [-0.05, 0) is 34.1 Å². The van der Waals surface area contributed by atoms with Crippen molar-refractivity contribution in [2.45, 2.75) is 0 Å². The van der Waals surface area contributed by atoms with Gasteiger partial charge in [0, 0.05) is 22.9 Å². The maximum absolute atomic E-state index is 12.9. The zero-order valence-corrected chi connectivity index (χ0v) is 12.1.